The number of carbonyl (C=O) groups is 4. The molecule has 3 saturated heterocycles. The van der Waals surface area contributed by atoms with Crippen LogP contribution in [0.15, 0.2) is 30.6 Å². The number of nitrogens with zero attached hydrogens (tertiary/aromatic N) is 5. The van der Waals surface area contributed by atoms with Crippen LogP contribution in [0, 0.1) is 23.7 Å². The summed E-state index contributed by atoms with van der Waals surface area (Å²) in [7, 11) is 1.46. The SMILES string of the molecule is CCC1OC(=O)C(C)C(=O)C(C)C(OC2OC(C)C(C)C(N)C2O)C(C)(OC)CC(C)C(=O)NC(C)C2N(CCCCn3cc(-c4ccccn4)nn3)C(=O)OC12C. The maximum atomic E-state index is 14.3. The highest BCUT2D eigenvalue weighted by Crippen LogP contribution is 2.40. The number of cyclic esters (lactones) is 1. The molecule has 2 amide bonds. The number of methoxy groups -OCH3 is 1. The lowest BCUT2D eigenvalue weighted by Gasteiger charge is -2.46. The van der Waals surface area contributed by atoms with Crippen LogP contribution >= 0.6 is 0 Å². The highest BCUT2D eigenvalue weighted by atomic mass is 16.7. The van der Waals surface area contributed by atoms with Gasteiger partial charge in [-0.2, -0.15) is 0 Å². The smallest absolute Gasteiger partial charge is 0.410 e. The maximum Gasteiger partial charge on any atom is 0.410 e. The van der Waals surface area contributed by atoms with E-state index < -0.39 is 89.5 Å². The van der Waals surface area contributed by atoms with Crippen LogP contribution in [0.3, 0.4) is 0 Å². The third-order valence-corrected chi connectivity index (χ3v) is 12.6. The van der Waals surface area contributed by atoms with E-state index in [4.69, 9.17) is 29.4 Å². The molecule has 3 aliphatic rings. The molecule has 3 fully saturated rings. The Kier molecular flexibility index (Phi) is 14.4. The van der Waals surface area contributed by atoms with E-state index in [-0.39, 0.29) is 37.3 Å². The summed E-state index contributed by atoms with van der Waals surface area (Å²) in [6.07, 6.45) is -0.432. The van der Waals surface area contributed by atoms with Gasteiger partial charge in [0.25, 0.3) is 0 Å². The molecule has 4 N–H and O–H groups in total. The number of amides is 2. The number of ether oxygens (including phenoxy) is 5. The van der Waals surface area contributed by atoms with Gasteiger partial charge >= 0.3 is 12.1 Å². The van der Waals surface area contributed by atoms with E-state index in [0.717, 1.165) is 0 Å². The number of aliphatic hydroxyl groups excluding tert-OH is 1. The van der Waals surface area contributed by atoms with Crippen molar-refractivity contribution in [3.8, 4) is 11.4 Å². The topological polar surface area (TPSA) is 220 Å². The van der Waals surface area contributed by atoms with Gasteiger partial charge in [0.15, 0.2) is 17.7 Å². The number of fused-ring (bicyclic) bond motifs is 1. The lowest BCUT2D eigenvalue weighted by atomic mass is 9.78. The summed E-state index contributed by atoms with van der Waals surface area (Å²) >= 11 is 0. The van der Waals surface area contributed by atoms with Crippen LogP contribution in [0.4, 0.5) is 4.79 Å². The molecule has 0 spiro atoms. The van der Waals surface area contributed by atoms with Crippen molar-refractivity contribution < 1.29 is 48.0 Å². The number of pyridine rings is 1. The summed E-state index contributed by atoms with van der Waals surface area (Å²) < 4.78 is 32.6. The van der Waals surface area contributed by atoms with Crippen LogP contribution in [-0.2, 0) is 44.6 Å². The van der Waals surface area contributed by atoms with E-state index in [1.807, 2.05) is 38.2 Å². The van der Waals surface area contributed by atoms with Crippen LogP contribution in [0.1, 0.15) is 88.0 Å². The molecule has 5 rings (SSSR count). The van der Waals surface area contributed by atoms with Crippen molar-refractivity contribution >= 4 is 23.8 Å². The van der Waals surface area contributed by atoms with Gasteiger partial charge in [0.05, 0.1) is 41.8 Å². The lowest BCUT2D eigenvalue weighted by Crippen LogP contribution is -2.61. The minimum absolute atomic E-state index is 0.0764. The van der Waals surface area contributed by atoms with Gasteiger partial charge in [-0.25, -0.2) is 4.79 Å². The zero-order valence-corrected chi connectivity index (χ0v) is 35.5. The average molecular weight is 814 g/mol. The summed E-state index contributed by atoms with van der Waals surface area (Å²) in [4.78, 5) is 62.1. The van der Waals surface area contributed by atoms with Gasteiger partial charge in [-0.15, -0.1) is 5.10 Å². The summed E-state index contributed by atoms with van der Waals surface area (Å²) in [6, 6.07) is 3.47. The summed E-state index contributed by atoms with van der Waals surface area (Å²) in [5.74, 6) is -4.78. The second kappa shape index (κ2) is 18.5. The Morgan fingerprint density at radius 2 is 1.74 bits per heavy atom. The molecule has 0 radical (unpaired) electrons. The Morgan fingerprint density at radius 3 is 2.40 bits per heavy atom. The molecule has 14 atom stereocenters. The zero-order valence-electron chi connectivity index (χ0n) is 35.5. The van der Waals surface area contributed by atoms with E-state index in [1.165, 1.54) is 14.0 Å². The number of nitrogens with two attached hydrogens (primary N) is 1. The standard InChI is InChI=1S/C41H63N7O10/c1-11-30-41(9)34(48(39(53)58-41)19-15-14-18-47-21-29(45-46-47)28-16-12-13-17-43-28)26(6)44-36(51)22(2)20-40(8,54-10)35(24(4)32(49)25(5)37(52)56-30)57-38-33(50)31(42)23(3)27(7)55-38/h12-13,16-17,21-27,30-31,33-35,38,50H,11,14-15,18-20,42H2,1-10H3,(H,44,51). The quantitative estimate of drug-likeness (QED) is 0.178. The molecule has 322 valence electrons. The number of nitrogens with one attached hydrogen (secondary N) is 1. The van der Waals surface area contributed by atoms with Crippen molar-refractivity contribution in [3.05, 3.63) is 30.6 Å². The number of hydrogen-bond donors (Lipinski definition) is 3. The largest absolute Gasteiger partial charge is 0.458 e. The van der Waals surface area contributed by atoms with Crippen molar-refractivity contribution in [2.75, 3.05) is 13.7 Å². The molecule has 5 heterocycles. The fourth-order valence-corrected chi connectivity index (χ4v) is 8.82. The molecule has 0 aliphatic carbocycles. The molecule has 2 aromatic heterocycles. The number of aromatic nitrogens is 4. The fourth-order valence-electron chi connectivity index (χ4n) is 8.82. The number of aliphatic hydroxyl groups is 1. The van der Waals surface area contributed by atoms with Crippen LogP contribution in [0.25, 0.3) is 11.4 Å². The number of rotatable bonds is 10. The summed E-state index contributed by atoms with van der Waals surface area (Å²) in [6.45, 7) is 16.4. The molecule has 3 aliphatic heterocycles. The number of ketones is 1. The monoisotopic (exact) mass is 813 g/mol. The van der Waals surface area contributed by atoms with E-state index in [2.05, 4.69) is 20.6 Å². The Balaban J connectivity index is 1.41. The van der Waals surface area contributed by atoms with Crippen LogP contribution in [0.5, 0.6) is 0 Å². The molecule has 0 saturated carbocycles. The highest BCUT2D eigenvalue weighted by Gasteiger charge is 2.59. The minimum Gasteiger partial charge on any atom is -0.458 e. The fraction of sp³-hybridized carbons (Fsp3) is 0.732. The van der Waals surface area contributed by atoms with E-state index in [1.54, 1.807) is 57.3 Å². The van der Waals surface area contributed by atoms with Crippen molar-refractivity contribution in [1.29, 1.82) is 0 Å². The third kappa shape index (κ3) is 9.23. The average Bonchev–Trinajstić information content (AvgIpc) is 3.78. The van der Waals surface area contributed by atoms with Crippen molar-refractivity contribution in [3.63, 3.8) is 0 Å². The Bertz CT molecular complexity index is 1750. The van der Waals surface area contributed by atoms with Crippen LogP contribution in [0.2, 0.25) is 0 Å². The number of carbonyl (C=O) groups excluding carboxylic acids is 4. The molecule has 17 nitrogen and oxygen atoms in total. The van der Waals surface area contributed by atoms with Gasteiger partial charge in [-0.1, -0.05) is 39.0 Å². The number of esters is 1. The molecule has 2 aromatic rings. The van der Waals surface area contributed by atoms with Gasteiger partial charge in [0, 0.05) is 44.3 Å². The second-order valence-electron chi connectivity index (χ2n) is 16.8. The number of aryl methyl sites for hydroxylation is 1. The van der Waals surface area contributed by atoms with Crippen molar-refractivity contribution in [2.45, 2.75) is 155 Å². The first-order valence-corrected chi connectivity index (χ1v) is 20.5. The molecule has 0 aromatic carbocycles. The zero-order chi connectivity index (χ0) is 42.7. The second-order valence-corrected chi connectivity index (χ2v) is 16.8. The van der Waals surface area contributed by atoms with Crippen molar-refractivity contribution in [1.82, 2.24) is 30.2 Å². The predicted octanol–water partition coefficient (Wildman–Crippen LogP) is 3.27. The predicted molar refractivity (Wildman–Crippen MR) is 211 cm³/mol. The first-order chi connectivity index (χ1) is 27.4. The van der Waals surface area contributed by atoms with Gasteiger partial charge in [-0.05, 0) is 78.4 Å². The number of hydrogen-bond acceptors (Lipinski definition) is 14. The van der Waals surface area contributed by atoms with Gasteiger partial charge in [0.1, 0.15) is 23.8 Å². The normalized spacial score (nSPS) is 38.0. The van der Waals surface area contributed by atoms with Crippen LogP contribution in [-0.4, -0.2) is 127 Å². The van der Waals surface area contributed by atoms with Gasteiger partial charge in [-0.3, -0.25) is 28.9 Å². The Labute approximate surface area is 341 Å². The van der Waals surface area contributed by atoms with E-state index in [0.29, 0.717) is 30.8 Å². The third-order valence-electron chi connectivity index (χ3n) is 12.6. The molecule has 17 heteroatoms. The van der Waals surface area contributed by atoms with Crippen molar-refractivity contribution in [2.24, 2.45) is 29.4 Å². The maximum absolute atomic E-state index is 14.3. The first kappa shape index (κ1) is 45.1. The molecule has 58 heavy (non-hydrogen) atoms. The molecule has 14 unspecified atom stereocenters. The minimum atomic E-state index is -1.40. The summed E-state index contributed by atoms with van der Waals surface area (Å²) in [5.41, 5.74) is 5.02. The first-order valence-electron chi connectivity index (χ1n) is 20.5. The molecular formula is C41H63N7O10. The van der Waals surface area contributed by atoms with Gasteiger partial charge in [0.2, 0.25) is 5.91 Å². The van der Waals surface area contributed by atoms with Gasteiger partial charge < -0.3 is 39.8 Å². The Morgan fingerprint density at radius 1 is 1.03 bits per heavy atom. The van der Waals surface area contributed by atoms with E-state index in [9.17, 15) is 24.3 Å². The number of unbranched alkanes of at least 4 members (excludes halogenated alkanes) is 1. The van der Waals surface area contributed by atoms with E-state index >= 15 is 0 Å². The summed E-state index contributed by atoms with van der Waals surface area (Å²) in [5, 5.41) is 22.7. The highest BCUT2D eigenvalue weighted by molar-refractivity contribution is 6.00. The Hall–Kier alpha value is -4.03. The number of Topliss-reactive ketones (excluding diaryl/α,β-unsaturated/α-hetero) is 1. The van der Waals surface area contributed by atoms with Crippen LogP contribution < -0.4 is 11.1 Å². The molecule has 0 bridgehead atoms. The molecular weight excluding hydrogens is 750 g/mol. The lowest BCUT2D eigenvalue weighted by molar-refractivity contribution is -0.297.